The Labute approximate surface area is 145 Å². The number of nitrogens with zero attached hydrogens (tertiary/aromatic N) is 5. The van der Waals surface area contributed by atoms with Gasteiger partial charge in [0.05, 0.1) is 27.8 Å². The number of rotatable bonds is 4. The third-order valence-corrected chi connectivity index (χ3v) is 4.34. The summed E-state index contributed by atoms with van der Waals surface area (Å²) in [5.74, 6) is -0.579. The van der Waals surface area contributed by atoms with Crippen molar-refractivity contribution in [2.45, 2.75) is 27.3 Å². The zero-order valence-electron chi connectivity index (χ0n) is 14.6. The third-order valence-electron chi connectivity index (χ3n) is 3.79. The van der Waals surface area contributed by atoms with E-state index in [0.29, 0.717) is 22.1 Å². The Kier molecular flexibility index (Phi) is 4.98. The number of carbonyl (C=O) groups is 2. The smallest absolute Gasteiger partial charge is 0.276 e. The van der Waals surface area contributed by atoms with Gasteiger partial charge >= 0.3 is 0 Å². The number of hydrogen-bond donors (Lipinski definition) is 1. The first kappa shape index (κ1) is 18.0. The molecule has 0 aliphatic heterocycles. The molecule has 0 saturated heterocycles. The third kappa shape index (κ3) is 3.28. The average molecular weight is 353 g/mol. The van der Waals surface area contributed by atoms with Gasteiger partial charge in [-0.2, -0.15) is 10.2 Å². The van der Waals surface area contributed by atoms with Gasteiger partial charge in [-0.15, -0.1) is 0 Å². The second kappa shape index (κ2) is 6.64. The molecule has 0 spiro atoms. The summed E-state index contributed by atoms with van der Waals surface area (Å²) in [5.41, 5.74) is 2.70. The molecule has 0 atom stereocenters. The van der Waals surface area contributed by atoms with Crippen molar-refractivity contribution >= 4 is 29.1 Å². The van der Waals surface area contributed by atoms with E-state index in [4.69, 9.17) is 11.6 Å². The lowest BCUT2D eigenvalue weighted by molar-refractivity contribution is -0.116. The van der Waals surface area contributed by atoms with E-state index in [1.165, 1.54) is 9.58 Å². The standard InChI is InChI=1S/C15H21ClN6O2/c1-8-12(16)9(2)22(18-8)7-11(23)17-13-10(3)21(6)19-14(13)15(24)20(4)5/h7H2,1-6H3,(H,17,23). The van der Waals surface area contributed by atoms with Gasteiger partial charge in [0, 0.05) is 21.1 Å². The van der Waals surface area contributed by atoms with Crippen LogP contribution in [-0.4, -0.2) is 50.4 Å². The summed E-state index contributed by atoms with van der Waals surface area (Å²) >= 11 is 6.09. The van der Waals surface area contributed by atoms with E-state index in [-0.39, 0.29) is 24.1 Å². The van der Waals surface area contributed by atoms with E-state index >= 15 is 0 Å². The maximum atomic E-state index is 12.4. The van der Waals surface area contributed by atoms with Crippen LogP contribution in [0.4, 0.5) is 5.69 Å². The van der Waals surface area contributed by atoms with Crippen LogP contribution < -0.4 is 5.32 Å². The highest BCUT2D eigenvalue weighted by molar-refractivity contribution is 6.31. The Morgan fingerprint density at radius 3 is 2.29 bits per heavy atom. The van der Waals surface area contributed by atoms with Crippen LogP contribution in [-0.2, 0) is 18.4 Å². The van der Waals surface area contributed by atoms with Crippen LogP contribution in [0.5, 0.6) is 0 Å². The molecule has 0 aliphatic rings. The van der Waals surface area contributed by atoms with E-state index < -0.39 is 0 Å². The summed E-state index contributed by atoms with van der Waals surface area (Å²) in [6.07, 6.45) is 0. The fraction of sp³-hybridized carbons (Fsp3) is 0.467. The topological polar surface area (TPSA) is 85.1 Å². The quantitative estimate of drug-likeness (QED) is 0.904. The first-order valence-electron chi connectivity index (χ1n) is 7.38. The Bertz CT molecular complexity index is 805. The molecule has 0 fully saturated rings. The van der Waals surface area contributed by atoms with Gasteiger partial charge in [0.1, 0.15) is 6.54 Å². The summed E-state index contributed by atoms with van der Waals surface area (Å²) in [6, 6.07) is 0. The second-order valence-electron chi connectivity index (χ2n) is 5.82. The van der Waals surface area contributed by atoms with Crippen LogP contribution in [0.3, 0.4) is 0 Å². The van der Waals surface area contributed by atoms with Crippen molar-refractivity contribution in [2.75, 3.05) is 19.4 Å². The van der Waals surface area contributed by atoms with E-state index in [1.807, 2.05) is 0 Å². The molecule has 0 aliphatic carbocycles. The van der Waals surface area contributed by atoms with Crippen LogP contribution in [0.15, 0.2) is 0 Å². The minimum atomic E-state index is -0.304. The van der Waals surface area contributed by atoms with Gasteiger partial charge in [0.25, 0.3) is 5.91 Å². The Morgan fingerprint density at radius 2 is 1.79 bits per heavy atom. The number of carbonyl (C=O) groups excluding carboxylic acids is 2. The molecular formula is C15H21ClN6O2. The zero-order chi connectivity index (χ0) is 18.2. The number of nitrogens with one attached hydrogen (secondary N) is 1. The first-order chi connectivity index (χ1) is 11.1. The van der Waals surface area contributed by atoms with Crippen LogP contribution in [0.1, 0.15) is 27.6 Å². The summed E-state index contributed by atoms with van der Waals surface area (Å²) in [7, 11) is 4.99. The Hall–Kier alpha value is -2.35. The number of hydrogen-bond acceptors (Lipinski definition) is 4. The van der Waals surface area contributed by atoms with Crippen molar-refractivity contribution in [3.05, 3.63) is 27.8 Å². The molecule has 1 N–H and O–H groups in total. The molecule has 0 radical (unpaired) electrons. The van der Waals surface area contributed by atoms with Gasteiger partial charge in [0.2, 0.25) is 5.91 Å². The summed E-state index contributed by atoms with van der Waals surface area (Å²) < 4.78 is 3.10. The van der Waals surface area contributed by atoms with Crippen molar-refractivity contribution in [3.63, 3.8) is 0 Å². The molecule has 24 heavy (non-hydrogen) atoms. The maximum Gasteiger partial charge on any atom is 0.276 e. The average Bonchev–Trinajstić information content (AvgIpc) is 2.91. The predicted octanol–water partition coefficient (Wildman–Crippen LogP) is 1.54. The lowest BCUT2D eigenvalue weighted by Crippen LogP contribution is -2.25. The zero-order valence-corrected chi connectivity index (χ0v) is 15.4. The van der Waals surface area contributed by atoms with Crippen molar-refractivity contribution in [2.24, 2.45) is 7.05 Å². The van der Waals surface area contributed by atoms with Gasteiger partial charge < -0.3 is 10.2 Å². The molecule has 0 aromatic carbocycles. The lowest BCUT2D eigenvalue weighted by atomic mass is 10.2. The minimum absolute atomic E-state index is 0.00330. The Morgan fingerprint density at radius 1 is 1.17 bits per heavy atom. The Balaban J connectivity index is 2.26. The highest BCUT2D eigenvalue weighted by Gasteiger charge is 2.23. The fourth-order valence-electron chi connectivity index (χ4n) is 2.26. The van der Waals surface area contributed by atoms with Gasteiger partial charge in [-0.05, 0) is 20.8 Å². The SMILES string of the molecule is Cc1nn(CC(=O)Nc2c(C(=O)N(C)C)nn(C)c2C)c(C)c1Cl. The molecule has 2 aromatic rings. The molecular weight excluding hydrogens is 332 g/mol. The second-order valence-corrected chi connectivity index (χ2v) is 6.20. The number of halogens is 1. The van der Waals surface area contributed by atoms with E-state index in [0.717, 1.165) is 5.69 Å². The van der Waals surface area contributed by atoms with E-state index in [2.05, 4.69) is 15.5 Å². The molecule has 9 heteroatoms. The van der Waals surface area contributed by atoms with Crippen LogP contribution in [0, 0.1) is 20.8 Å². The monoisotopic (exact) mass is 352 g/mol. The van der Waals surface area contributed by atoms with Crippen molar-refractivity contribution in [1.29, 1.82) is 0 Å². The van der Waals surface area contributed by atoms with Gasteiger partial charge in [0.15, 0.2) is 5.69 Å². The summed E-state index contributed by atoms with van der Waals surface area (Å²) in [5, 5.41) is 11.7. The van der Waals surface area contributed by atoms with Crippen molar-refractivity contribution < 1.29 is 9.59 Å². The normalized spacial score (nSPS) is 10.8. The number of aryl methyl sites for hydroxylation is 2. The van der Waals surface area contributed by atoms with Crippen molar-refractivity contribution in [3.8, 4) is 0 Å². The molecule has 2 aromatic heterocycles. The number of aromatic nitrogens is 4. The highest BCUT2D eigenvalue weighted by Crippen LogP contribution is 2.22. The molecule has 8 nitrogen and oxygen atoms in total. The van der Waals surface area contributed by atoms with E-state index in [1.54, 1.807) is 46.6 Å². The molecule has 2 amide bonds. The van der Waals surface area contributed by atoms with Gasteiger partial charge in [-0.1, -0.05) is 11.6 Å². The summed E-state index contributed by atoms with van der Waals surface area (Å²) in [6.45, 7) is 5.37. The minimum Gasteiger partial charge on any atom is -0.343 e. The molecule has 0 unspecified atom stereocenters. The predicted molar refractivity (Wildman–Crippen MR) is 91.3 cm³/mol. The van der Waals surface area contributed by atoms with Gasteiger partial charge in [-0.3, -0.25) is 19.0 Å². The van der Waals surface area contributed by atoms with Crippen LogP contribution >= 0.6 is 11.6 Å². The molecule has 0 bridgehead atoms. The molecule has 0 saturated carbocycles. The first-order valence-corrected chi connectivity index (χ1v) is 7.75. The molecule has 2 rings (SSSR count). The highest BCUT2D eigenvalue weighted by atomic mass is 35.5. The number of amides is 2. The fourth-order valence-corrected chi connectivity index (χ4v) is 2.40. The largest absolute Gasteiger partial charge is 0.343 e. The maximum absolute atomic E-state index is 12.4. The molecule has 2 heterocycles. The van der Waals surface area contributed by atoms with Crippen LogP contribution in [0.25, 0.3) is 0 Å². The van der Waals surface area contributed by atoms with Gasteiger partial charge in [-0.25, -0.2) is 0 Å². The number of anilines is 1. The molecule has 130 valence electrons. The van der Waals surface area contributed by atoms with E-state index in [9.17, 15) is 9.59 Å². The van der Waals surface area contributed by atoms with Crippen LogP contribution in [0.2, 0.25) is 5.02 Å². The summed E-state index contributed by atoms with van der Waals surface area (Å²) in [4.78, 5) is 26.0. The van der Waals surface area contributed by atoms with Crippen molar-refractivity contribution in [1.82, 2.24) is 24.5 Å². The lowest BCUT2D eigenvalue weighted by Gasteiger charge is -2.11.